The lowest BCUT2D eigenvalue weighted by Gasteiger charge is -2.28. The molecule has 2 atom stereocenters. The first-order valence-corrected chi connectivity index (χ1v) is 26.0. The van der Waals surface area contributed by atoms with Crippen molar-refractivity contribution in [3.8, 4) is 0 Å². The van der Waals surface area contributed by atoms with Crippen LogP contribution in [0, 0.1) is 0 Å². The van der Waals surface area contributed by atoms with Crippen LogP contribution in [-0.2, 0) is 27.9 Å². The second-order valence-electron chi connectivity index (χ2n) is 17.8. The molecule has 0 aromatic rings. The van der Waals surface area contributed by atoms with Gasteiger partial charge in [0.1, 0.15) is 19.3 Å². The molecule has 0 spiro atoms. The molecule has 0 N–H and O–H groups in total. The summed E-state index contributed by atoms with van der Waals surface area (Å²) < 4.78 is 34.7. The number of phosphoric ester groups is 1. The van der Waals surface area contributed by atoms with Crippen molar-refractivity contribution in [1.82, 2.24) is 0 Å². The highest BCUT2D eigenvalue weighted by Gasteiger charge is 2.20. The first kappa shape index (κ1) is 57.0. The smallest absolute Gasteiger partial charge is 0.306 e. The largest absolute Gasteiger partial charge is 0.756 e. The van der Waals surface area contributed by atoms with E-state index in [1.54, 1.807) is 0 Å². The Kier molecular flexibility index (Phi) is 41.9. The molecule has 0 rings (SSSR count). The third kappa shape index (κ3) is 46.1. The van der Waals surface area contributed by atoms with Crippen LogP contribution in [0.2, 0.25) is 0 Å². The van der Waals surface area contributed by atoms with Crippen molar-refractivity contribution in [1.29, 1.82) is 0 Å². The fourth-order valence-corrected chi connectivity index (χ4v) is 7.62. The van der Waals surface area contributed by atoms with Gasteiger partial charge < -0.3 is 27.9 Å². The van der Waals surface area contributed by atoms with E-state index in [1.165, 1.54) is 173 Å². The first-order chi connectivity index (χ1) is 28.1. The topological polar surface area (TPSA) is 94.1 Å². The minimum absolute atomic E-state index is 0.0260. The molecule has 0 aliphatic carbocycles. The van der Waals surface area contributed by atoms with Gasteiger partial charge >= 0.3 is 5.97 Å². The molecular formula is C49H96NO7P. The maximum Gasteiger partial charge on any atom is 0.306 e. The Morgan fingerprint density at radius 2 is 0.897 bits per heavy atom. The summed E-state index contributed by atoms with van der Waals surface area (Å²) in [5.74, 6) is -0.336. The number of nitrogens with zero attached hydrogens (tertiary/aromatic N) is 1. The molecule has 344 valence electrons. The highest BCUT2D eigenvalue weighted by Crippen LogP contribution is 2.38. The number of phosphoric acid groups is 1. The van der Waals surface area contributed by atoms with Gasteiger partial charge in [0, 0.05) is 13.0 Å². The average molecular weight is 842 g/mol. The molecule has 58 heavy (non-hydrogen) atoms. The highest BCUT2D eigenvalue weighted by molar-refractivity contribution is 7.45. The SMILES string of the molecule is CCCCCCCC/C=C\CCCCCCCCCCCC(=O)OC(COCCCCCCCC/C=C\CCCCCCCCC)COP(=O)([O-])OCC[N+](C)(C)C. The van der Waals surface area contributed by atoms with Crippen LogP contribution in [0.1, 0.15) is 226 Å². The van der Waals surface area contributed by atoms with E-state index in [-0.39, 0.29) is 25.8 Å². The summed E-state index contributed by atoms with van der Waals surface area (Å²) in [6.45, 7) is 5.42. The van der Waals surface area contributed by atoms with Crippen LogP contribution in [0.25, 0.3) is 0 Å². The third-order valence-electron chi connectivity index (χ3n) is 10.7. The summed E-state index contributed by atoms with van der Waals surface area (Å²) >= 11 is 0. The number of hydrogen-bond acceptors (Lipinski definition) is 7. The molecule has 0 bridgehead atoms. The van der Waals surface area contributed by atoms with Crippen LogP contribution in [0.3, 0.4) is 0 Å². The summed E-state index contributed by atoms with van der Waals surface area (Å²) in [7, 11) is 1.36. The van der Waals surface area contributed by atoms with Gasteiger partial charge in [-0.25, -0.2) is 0 Å². The number of allylic oxidation sites excluding steroid dienone is 4. The van der Waals surface area contributed by atoms with Crippen LogP contribution >= 0.6 is 7.82 Å². The number of quaternary nitrogens is 1. The van der Waals surface area contributed by atoms with Crippen LogP contribution in [0.15, 0.2) is 24.3 Å². The van der Waals surface area contributed by atoms with E-state index in [4.69, 9.17) is 18.5 Å². The van der Waals surface area contributed by atoms with Gasteiger partial charge in [-0.1, -0.05) is 179 Å². The quantitative estimate of drug-likeness (QED) is 0.0198. The number of ether oxygens (including phenoxy) is 2. The number of esters is 1. The van der Waals surface area contributed by atoms with Crippen molar-refractivity contribution in [3.05, 3.63) is 24.3 Å². The average Bonchev–Trinajstić information content (AvgIpc) is 3.18. The molecule has 0 saturated carbocycles. The van der Waals surface area contributed by atoms with E-state index >= 15 is 0 Å². The van der Waals surface area contributed by atoms with Gasteiger partial charge in [-0.05, 0) is 64.2 Å². The van der Waals surface area contributed by atoms with Crippen LogP contribution in [-0.4, -0.2) is 70.7 Å². The molecule has 9 heteroatoms. The summed E-state index contributed by atoms with van der Waals surface area (Å²) in [6, 6.07) is 0. The third-order valence-corrected chi connectivity index (χ3v) is 11.7. The number of hydrogen-bond donors (Lipinski definition) is 0. The fraction of sp³-hybridized carbons (Fsp3) is 0.898. The van der Waals surface area contributed by atoms with Crippen molar-refractivity contribution >= 4 is 13.8 Å². The fourth-order valence-electron chi connectivity index (χ4n) is 6.89. The van der Waals surface area contributed by atoms with Crippen molar-refractivity contribution in [2.45, 2.75) is 232 Å². The van der Waals surface area contributed by atoms with Crippen LogP contribution < -0.4 is 4.89 Å². The number of likely N-dealkylation sites (N-methyl/N-ethyl adjacent to an activating group) is 1. The van der Waals surface area contributed by atoms with E-state index in [9.17, 15) is 14.3 Å². The molecule has 0 amide bonds. The van der Waals surface area contributed by atoms with Gasteiger partial charge in [-0.3, -0.25) is 9.36 Å². The van der Waals surface area contributed by atoms with Crippen molar-refractivity contribution in [3.63, 3.8) is 0 Å². The standard InChI is InChI=1S/C49H96NO7P/c1-6-8-10-12-14-16-18-20-22-24-25-26-28-30-32-34-36-38-40-42-49(51)57-48(47-56-58(52,53)55-45-43-50(3,4)5)46-54-44-41-39-37-35-33-31-29-27-23-21-19-17-15-13-11-9-7-2/h20,22-23,27,48H,6-19,21,24-26,28-47H2,1-5H3/b22-20-,27-23-. The molecule has 0 aromatic heterocycles. The molecule has 2 unspecified atom stereocenters. The van der Waals surface area contributed by atoms with E-state index in [2.05, 4.69) is 38.2 Å². The Labute approximate surface area is 360 Å². The molecular weight excluding hydrogens is 746 g/mol. The number of rotatable bonds is 46. The van der Waals surface area contributed by atoms with Crippen LogP contribution in [0.4, 0.5) is 0 Å². The molecule has 0 saturated heterocycles. The lowest BCUT2D eigenvalue weighted by atomic mass is 10.1. The van der Waals surface area contributed by atoms with Gasteiger partial charge in [0.25, 0.3) is 7.82 Å². The van der Waals surface area contributed by atoms with E-state index < -0.39 is 13.9 Å². The minimum atomic E-state index is -4.53. The molecule has 0 aliphatic rings. The van der Waals surface area contributed by atoms with Gasteiger partial charge in [0.15, 0.2) is 0 Å². The predicted molar refractivity (Wildman–Crippen MR) is 245 cm³/mol. The monoisotopic (exact) mass is 842 g/mol. The van der Waals surface area contributed by atoms with Crippen molar-refractivity contribution < 1.29 is 37.3 Å². The van der Waals surface area contributed by atoms with Gasteiger partial charge in [-0.15, -0.1) is 0 Å². The van der Waals surface area contributed by atoms with E-state index in [1.807, 2.05) is 21.1 Å². The Bertz CT molecular complexity index is 983. The molecule has 8 nitrogen and oxygen atoms in total. The summed E-state index contributed by atoms with van der Waals surface area (Å²) in [4.78, 5) is 25.1. The van der Waals surface area contributed by atoms with E-state index in [0.29, 0.717) is 24.1 Å². The lowest BCUT2D eigenvalue weighted by Crippen LogP contribution is -2.37. The maximum absolute atomic E-state index is 12.7. The zero-order chi connectivity index (χ0) is 42.7. The zero-order valence-electron chi connectivity index (χ0n) is 39.0. The summed E-state index contributed by atoms with van der Waals surface area (Å²) in [5.41, 5.74) is 0. The number of unbranched alkanes of at least 4 members (excludes halogenated alkanes) is 28. The van der Waals surface area contributed by atoms with E-state index in [0.717, 1.165) is 32.1 Å². The highest BCUT2D eigenvalue weighted by atomic mass is 31.2. The first-order valence-electron chi connectivity index (χ1n) is 24.6. The molecule has 0 radical (unpaired) electrons. The Balaban J connectivity index is 4.17. The Morgan fingerprint density at radius 1 is 0.517 bits per heavy atom. The van der Waals surface area contributed by atoms with Gasteiger partial charge in [0.2, 0.25) is 0 Å². The second kappa shape index (κ2) is 42.7. The van der Waals surface area contributed by atoms with Crippen molar-refractivity contribution in [2.24, 2.45) is 0 Å². The molecule has 0 heterocycles. The zero-order valence-corrected chi connectivity index (χ0v) is 39.9. The minimum Gasteiger partial charge on any atom is -0.756 e. The normalized spacial score (nSPS) is 13.8. The van der Waals surface area contributed by atoms with Crippen LogP contribution in [0.5, 0.6) is 0 Å². The summed E-state index contributed by atoms with van der Waals surface area (Å²) in [6.07, 6.45) is 49.0. The molecule has 0 aromatic carbocycles. The predicted octanol–water partition coefficient (Wildman–Crippen LogP) is 14.1. The maximum atomic E-state index is 12.7. The van der Waals surface area contributed by atoms with Gasteiger partial charge in [-0.2, -0.15) is 0 Å². The summed E-state index contributed by atoms with van der Waals surface area (Å²) in [5, 5.41) is 0. The van der Waals surface area contributed by atoms with Crippen molar-refractivity contribution in [2.75, 3.05) is 54.1 Å². The Morgan fingerprint density at radius 3 is 1.31 bits per heavy atom. The number of carbonyl (C=O) groups is 1. The second-order valence-corrected chi connectivity index (χ2v) is 19.2. The number of carbonyl (C=O) groups excluding carboxylic acids is 1. The molecule has 0 fully saturated rings. The lowest BCUT2D eigenvalue weighted by molar-refractivity contribution is -0.870. The molecule has 0 aliphatic heterocycles. The Hall–Kier alpha value is -1.02. The van der Waals surface area contributed by atoms with Gasteiger partial charge in [0.05, 0.1) is 34.4 Å².